The Morgan fingerprint density at radius 3 is 2.28 bits per heavy atom. The lowest BCUT2D eigenvalue weighted by Gasteiger charge is -2.25. The average molecular weight is 285 g/mol. The van der Waals surface area contributed by atoms with Crippen molar-refractivity contribution in [2.24, 2.45) is 0 Å². The van der Waals surface area contributed by atoms with Crippen LogP contribution in [0.3, 0.4) is 0 Å². The monoisotopic (exact) mass is 284 g/mol. The number of halogens is 3. The van der Waals surface area contributed by atoms with E-state index in [-0.39, 0.29) is 15.6 Å². The van der Waals surface area contributed by atoms with E-state index in [1.807, 2.05) is 6.07 Å². The fraction of sp³-hybridized carbons (Fsp3) is 0.143. The van der Waals surface area contributed by atoms with Crippen LogP contribution in [-0.2, 0) is 5.60 Å². The van der Waals surface area contributed by atoms with Gasteiger partial charge in [-0.2, -0.15) is 0 Å². The molecular formula is C14H11Cl2FO. The third-order valence-corrected chi connectivity index (χ3v) is 3.47. The van der Waals surface area contributed by atoms with Gasteiger partial charge in [-0.05, 0) is 24.6 Å². The van der Waals surface area contributed by atoms with E-state index in [1.54, 1.807) is 31.2 Å². The fourth-order valence-corrected chi connectivity index (χ4v) is 2.38. The lowest BCUT2D eigenvalue weighted by atomic mass is 9.88. The fourth-order valence-electron chi connectivity index (χ4n) is 1.81. The van der Waals surface area contributed by atoms with E-state index in [4.69, 9.17) is 23.2 Å². The van der Waals surface area contributed by atoms with E-state index in [9.17, 15) is 9.50 Å². The van der Waals surface area contributed by atoms with Crippen molar-refractivity contribution in [3.63, 3.8) is 0 Å². The molecule has 0 radical (unpaired) electrons. The Hall–Kier alpha value is -1.09. The third-order valence-electron chi connectivity index (χ3n) is 2.87. The maximum atomic E-state index is 13.5. The van der Waals surface area contributed by atoms with Gasteiger partial charge >= 0.3 is 0 Å². The first-order valence-electron chi connectivity index (χ1n) is 5.36. The highest BCUT2D eigenvalue weighted by molar-refractivity contribution is 6.35. The number of benzene rings is 2. The predicted octanol–water partition coefficient (Wildman–Crippen LogP) is 4.39. The summed E-state index contributed by atoms with van der Waals surface area (Å²) in [5.41, 5.74) is -0.449. The molecule has 0 amide bonds. The number of hydrogen-bond donors (Lipinski definition) is 1. The van der Waals surface area contributed by atoms with Crippen LogP contribution >= 0.6 is 23.2 Å². The van der Waals surface area contributed by atoms with E-state index in [0.717, 1.165) is 6.07 Å². The molecule has 2 aromatic rings. The SMILES string of the molecule is CC(O)(c1ccccc1)c1cc(F)c(Cl)cc1Cl. The summed E-state index contributed by atoms with van der Waals surface area (Å²) in [6.45, 7) is 1.57. The first-order valence-corrected chi connectivity index (χ1v) is 6.11. The highest BCUT2D eigenvalue weighted by atomic mass is 35.5. The quantitative estimate of drug-likeness (QED) is 0.811. The Balaban J connectivity index is 2.58. The summed E-state index contributed by atoms with van der Waals surface area (Å²) >= 11 is 11.7. The van der Waals surface area contributed by atoms with Crippen LogP contribution in [0.4, 0.5) is 4.39 Å². The zero-order chi connectivity index (χ0) is 13.3. The molecule has 0 saturated carbocycles. The molecule has 0 aliphatic carbocycles. The van der Waals surface area contributed by atoms with Crippen molar-refractivity contribution in [3.05, 3.63) is 69.5 Å². The molecule has 4 heteroatoms. The average Bonchev–Trinajstić information content (AvgIpc) is 2.34. The zero-order valence-electron chi connectivity index (χ0n) is 9.62. The second kappa shape index (κ2) is 4.88. The van der Waals surface area contributed by atoms with Gasteiger partial charge in [0.15, 0.2) is 0 Å². The highest BCUT2D eigenvalue weighted by Crippen LogP contribution is 2.36. The van der Waals surface area contributed by atoms with Gasteiger partial charge < -0.3 is 5.11 Å². The van der Waals surface area contributed by atoms with Crippen molar-refractivity contribution >= 4 is 23.2 Å². The highest BCUT2D eigenvalue weighted by Gasteiger charge is 2.28. The summed E-state index contributed by atoms with van der Waals surface area (Å²) in [5, 5.41) is 10.7. The smallest absolute Gasteiger partial charge is 0.142 e. The Bertz CT molecular complexity index is 568. The minimum Gasteiger partial charge on any atom is -0.381 e. The van der Waals surface area contributed by atoms with E-state index in [1.165, 1.54) is 6.07 Å². The Morgan fingerprint density at radius 1 is 1.06 bits per heavy atom. The minimum atomic E-state index is -1.37. The molecule has 0 heterocycles. The molecule has 1 nitrogen and oxygen atoms in total. The molecule has 0 bridgehead atoms. The van der Waals surface area contributed by atoms with Gasteiger partial charge in [0.25, 0.3) is 0 Å². The minimum absolute atomic E-state index is 0.0624. The van der Waals surface area contributed by atoms with Gasteiger partial charge in [-0.1, -0.05) is 53.5 Å². The summed E-state index contributed by atoms with van der Waals surface area (Å²) < 4.78 is 13.5. The van der Waals surface area contributed by atoms with Gasteiger partial charge in [0.05, 0.1) is 5.02 Å². The van der Waals surface area contributed by atoms with Crippen LogP contribution < -0.4 is 0 Å². The summed E-state index contributed by atoms with van der Waals surface area (Å²) in [7, 11) is 0. The van der Waals surface area contributed by atoms with Crippen LogP contribution in [0.25, 0.3) is 0 Å². The van der Waals surface area contributed by atoms with Crippen LogP contribution in [0.1, 0.15) is 18.1 Å². The van der Waals surface area contributed by atoms with Gasteiger partial charge in [-0.15, -0.1) is 0 Å². The van der Waals surface area contributed by atoms with Gasteiger partial charge in [-0.3, -0.25) is 0 Å². The Labute approximate surface area is 115 Å². The molecular weight excluding hydrogens is 274 g/mol. The van der Waals surface area contributed by atoms with E-state index in [2.05, 4.69) is 0 Å². The van der Waals surface area contributed by atoms with E-state index >= 15 is 0 Å². The van der Waals surface area contributed by atoms with Crippen molar-refractivity contribution < 1.29 is 9.50 Å². The van der Waals surface area contributed by atoms with Crippen LogP contribution in [0.2, 0.25) is 10.0 Å². The largest absolute Gasteiger partial charge is 0.381 e. The molecule has 0 saturated heterocycles. The molecule has 2 aromatic carbocycles. The Morgan fingerprint density at radius 2 is 1.67 bits per heavy atom. The van der Waals surface area contributed by atoms with Crippen LogP contribution in [0.5, 0.6) is 0 Å². The lowest BCUT2D eigenvalue weighted by molar-refractivity contribution is 0.102. The van der Waals surface area contributed by atoms with Crippen LogP contribution in [-0.4, -0.2) is 5.11 Å². The lowest BCUT2D eigenvalue weighted by Crippen LogP contribution is -2.23. The normalized spacial score (nSPS) is 14.3. The molecule has 18 heavy (non-hydrogen) atoms. The number of rotatable bonds is 2. The summed E-state index contributed by atoms with van der Waals surface area (Å²) in [6, 6.07) is 11.4. The van der Waals surface area contributed by atoms with Gasteiger partial charge in [0, 0.05) is 10.6 Å². The number of aliphatic hydroxyl groups is 1. The second-order valence-corrected chi connectivity index (χ2v) is 5.00. The molecule has 1 unspecified atom stereocenters. The molecule has 0 aromatic heterocycles. The Kier molecular flexibility index (Phi) is 3.62. The topological polar surface area (TPSA) is 20.2 Å². The first-order chi connectivity index (χ1) is 8.43. The second-order valence-electron chi connectivity index (χ2n) is 4.18. The standard InChI is InChI=1S/C14H11Cl2FO/c1-14(18,9-5-3-2-4-6-9)10-7-13(17)12(16)8-11(10)15/h2-8,18H,1H3. The first kappa shape index (κ1) is 13.3. The van der Waals surface area contributed by atoms with Gasteiger partial charge in [0.1, 0.15) is 11.4 Å². The van der Waals surface area contributed by atoms with Crippen LogP contribution in [0, 0.1) is 5.82 Å². The zero-order valence-corrected chi connectivity index (χ0v) is 11.1. The molecule has 0 aliphatic rings. The molecule has 1 atom stereocenters. The van der Waals surface area contributed by atoms with Gasteiger partial charge in [0.2, 0.25) is 0 Å². The van der Waals surface area contributed by atoms with Crippen molar-refractivity contribution in [1.29, 1.82) is 0 Å². The summed E-state index contributed by atoms with van der Waals surface area (Å²) in [5.74, 6) is -0.604. The maximum Gasteiger partial charge on any atom is 0.142 e. The molecule has 1 N–H and O–H groups in total. The molecule has 0 spiro atoms. The predicted molar refractivity (Wildman–Crippen MR) is 71.5 cm³/mol. The molecule has 0 fully saturated rings. The molecule has 0 aliphatic heterocycles. The molecule has 94 valence electrons. The van der Waals surface area contributed by atoms with Crippen molar-refractivity contribution in [2.75, 3.05) is 0 Å². The van der Waals surface area contributed by atoms with E-state index < -0.39 is 11.4 Å². The number of hydrogen-bond acceptors (Lipinski definition) is 1. The third kappa shape index (κ3) is 2.37. The van der Waals surface area contributed by atoms with Crippen molar-refractivity contribution in [1.82, 2.24) is 0 Å². The van der Waals surface area contributed by atoms with Crippen molar-refractivity contribution in [3.8, 4) is 0 Å². The summed E-state index contributed by atoms with van der Waals surface area (Å²) in [4.78, 5) is 0. The van der Waals surface area contributed by atoms with Crippen molar-refractivity contribution in [2.45, 2.75) is 12.5 Å². The van der Waals surface area contributed by atoms with Gasteiger partial charge in [-0.25, -0.2) is 4.39 Å². The summed E-state index contributed by atoms with van der Waals surface area (Å²) in [6.07, 6.45) is 0. The van der Waals surface area contributed by atoms with E-state index in [0.29, 0.717) is 5.56 Å². The van der Waals surface area contributed by atoms with Crippen LogP contribution in [0.15, 0.2) is 42.5 Å². The molecule has 2 rings (SSSR count). The maximum absolute atomic E-state index is 13.5.